The van der Waals surface area contributed by atoms with Crippen LogP contribution in [-0.4, -0.2) is 55.1 Å². The van der Waals surface area contributed by atoms with Gasteiger partial charge in [-0.3, -0.25) is 4.90 Å². The summed E-state index contributed by atoms with van der Waals surface area (Å²) in [5, 5.41) is 0. The molecule has 2 fully saturated rings. The van der Waals surface area contributed by atoms with E-state index in [1.165, 1.54) is 45.6 Å². The standard InChI is InChI=1S/C13H27N3/c1-11(2)9-15-5-7-16(8-6-15)10-13(14)12-3-4-12/h11-13H,3-10,14H2,1-2H3. The lowest BCUT2D eigenvalue weighted by Crippen LogP contribution is -2.50. The third kappa shape index (κ3) is 3.72. The molecular weight excluding hydrogens is 198 g/mol. The van der Waals surface area contributed by atoms with Gasteiger partial charge in [-0.05, 0) is 24.7 Å². The first kappa shape index (κ1) is 12.3. The van der Waals surface area contributed by atoms with Crippen molar-refractivity contribution in [2.75, 3.05) is 39.3 Å². The molecule has 2 rings (SSSR count). The lowest BCUT2D eigenvalue weighted by atomic mass is 10.1. The van der Waals surface area contributed by atoms with Gasteiger partial charge in [-0.1, -0.05) is 13.8 Å². The Morgan fingerprint density at radius 2 is 1.50 bits per heavy atom. The molecule has 1 aliphatic carbocycles. The maximum Gasteiger partial charge on any atom is 0.0196 e. The second kappa shape index (κ2) is 5.48. The van der Waals surface area contributed by atoms with E-state index in [0.29, 0.717) is 6.04 Å². The average Bonchev–Trinajstić information content (AvgIpc) is 3.03. The Balaban J connectivity index is 1.64. The van der Waals surface area contributed by atoms with Crippen molar-refractivity contribution in [3.05, 3.63) is 0 Å². The monoisotopic (exact) mass is 225 g/mol. The van der Waals surface area contributed by atoms with Crippen LogP contribution in [0.25, 0.3) is 0 Å². The first-order valence-corrected chi connectivity index (χ1v) is 6.85. The van der Waals surface area contributed by atoms with Gasteiger partial charge in [0.15, 0.2) is 0 Å². The van der Waals surface area contributed by atoms with E-state index in [1.54, 1.807) is 0 Å². The Bertz CT molecular complexity index is 205. The molecule has 0 bridgehead atoms. The van der Waals surface area contributed by atoms with Crippen molar-refractivity contribution in [1.82, 2.24) is 9.80 Å². The quantitative estimate of drug-likeness (QED) is 0.757. The van der Waals surface area contributed by atoms with Gasteiger partial charge in [0.1, 0.15) is 0 Å². The summed E-state index contributed by atoms with van der Waals surface area (Å²) in [4.78, 5) is 5.14. The first-order valence-electron chi connectivity index (χ1n) is 6.85. The van der Waals surface area contributed by atoms with E-state index in [4.69, 9.17) is 5.73 Å². The predicted molar refractivity (Wildman–Crippen MR) is 68.4 cm³/mol. The minimum absolute atomic E-state index is 0.441. The third-order valence-electron chi connectivity index (χ3n) is 3.78. The molecule has 0 aromatic heterocycles. The molecule has 1 aliphatic heterocycles. The molecule has 16 heavy (non-hydrogen) atoms. The van der Waals surface area contributed by atoms with Crippen LogP contribution in [0.1, 0.15) is 26.7 Å². The molecule has 1 saturated heterocycles. The van der Waals surface area contributed by atoms with Gasteiger partial charge in [-0.15, -0.1) is 0 Å². The van der Waals surface area contributed by atoms with Crippen molar-refractivity contribution >= 4 is 0 Å². The van der Waals surface area contributed by atoms with Crippen LogP contribution in [0.5, 0.6) is 0 Å². The first-order chi connectivity index (χ1) is 7.65. The zero-order valence-electron chi connectivity index (χ0n) is 10.9. The van der Waals surface area contributed by atoms with Gasteiger partial charge >= 0.3 is 0 Å². The lowest BCUT2D eigenvalue weighted by molar-refractivity contribution is 0.115. The van der Waals surface area contributed by atoms with E-state index < -0.39 is 0 Å². The van der Waals surface area contributed by atoms with Crippen LogP contribution in [0, 0.1) is 11.8 Å². The highest BCUT2D eigenvalue weighted by Crippen LogP contribution is 2.31. The molecule has 2 N–H and O–H groups in total. The highest BCUT2D eigenvalue weighted by molar-refractivity contribution is 4.87. The molecule has 0 aromatic rings. The van der Waals surface area contributed by atoms with Crippen LogP contribution in [-0.2, 0) is 0 Å². The van der Waals surface area contributed by atoms with Crippen LogP contribution < -0.4 is 5.73 Å². The highest BCUT2D eigenvalue weighted by atomic mass is 15.3. The highest BCUT2D eigenvalue weighted by Gasteiger charge is 2.30. The van der Waals surface area contributed by atoms with Crippen molar-refractivity contribution in [3.63, 3.8) is 0 Å². The largest absolute Gasteiger partial charge is 0.326 e. The van der Waals surface area contributed by atoms with Gasteiger partial charge in [0.2, 0.25) is 0 Å². The maximum atomic E-state index is 6.17. The summed E-state index contributed by atoms with van der Waals surface area (Å²) in [7, 11) is 0. The average molecular weight is 225 g/mol. The number of nitrogens with two attached hydrogens (primary N) is 1. The lowest BCUT2D eigenvalue weighted by Gasteiger charge is -2.36. The van der Waals surface area contributed by atoms with Gasteiger partial charge < -0.3 is 10.6 Å². The summed E-state index contributed by atoms with van der Waals surface area (Å²) in [6.45, 7) is 11.9. The number of rotatable bonds is 5. The van der Waals surface area contributed by atoms with E-state index in [9.17, 15) is 0 Å². The Kier molecular flexibility index (Phi) is 4.22. The molecular formula is C13H27N3. The SMILES string of the molecule is CC(C)CN1CCN(CC(N)C2CC2)CC1. The summed E-state index contributed by atoms with van der Waals surface area (Å²) in [5.41, 5.74) is 6.17. The minimum atomic E-state index is 0.441. The molecule has 2 aliphatic rings. The number of piperazine rings is 1. The van der Waals surface area contributed by atoms with Crippen molar-refractivity contribution in [1.29, 1.82) is 0 Å². The van der Waals surface area contributed by atoms with Crippen molar-refractivity contribution in [2.24, 2.45) is 17.6 Å². The summed E-state index contributed by atoms with van der Waals surface area (Å²) in [6.07, 6.45) is 2.74. The molecule has 3 nitrogen and oxygen atoms in total. The topological polar surface area (TPSA) is 32.5 Å². The Hall–Kier alpha value is -0.120. The zero-order chi connectivity index (χ0) is 11.5. The number of hydrogen-bond acceptors (Lipinski definition) is 3. The van der Waals surface area contributed by atoms with E-state index in [2.05, 4.69) is 23.6 Å². The third-order valence-corrected chi connectivity index (χ3v) is 3.78. The second-order valence-electron chi connectivity index (χ2n) is 6.00. The Labute approximate surface area is 100.0 Å². The van der Waals surface area contributed by atoms with E-state index in [1.807, 2.05) is 0 Å². The fourth-order valence-electron chi connectivity index (χ4n) is 2.64. The summed E-state index contributed by atoms with van der Waals surface area (Å²) >= 11 is 0. The summed E-state index contributed by atoms with van der Waals surface area (Å²) < 4.78 is 0. The molecule has 0 radical (unpaired) electrons. The van der Waals surface area contributed by atoms with Crippen LogP contribution >= 0.6 is 0 Å². The molecule has 0 amide bonds. The molecule has 1 unspecified atom stereocenters. The molecule has 1 atom stereocenters. The van der Waals surface area contributed by atoms with Crippen molar-refractivity contribution in [3.8, 4) is 0 Å². The number of hydrogen-bond donors (Lipinski definition) is 1. The van der Waals surface area contributed by atoms with Crippen molar-refractivity contribution in [2.45, 2.75) is 32.7 Å². The summed E-state index contributed by atoms with van der Waals surface area (Å²) in [6, 6.07) is 0.441. The Morgan fingerprint density at radius 3 is 1.94 bits per heavy atom. The van der Waals surface area contributed by atoms with E-state index >= 15 is 0 Å². The predicted octanol–water partition coefficient (Wildman–Crippen LogP) is 0.997. The van der Waals surface area contributed by atoms with E-state index in [-0.39, 0.29) is 0 Å². The fraction of sp³-hybridized carbons (Fsp3) is 1.00. The number of nitrogens with zero attached hydrogens (tertiary/aromatic N) is 2. The zero-order valence-corrected chi connectivity index (χ0v) is 10.9. The van der Waals surface area contributed by atoms with Gasteiger partial charge in [0.25, 0.3) is 0 Å². The van der Waals surface area contributed by atoms with Crippen LogP contribution in [0.15, 0.2) is 0 Å². The second-order valence-corrected chi connectivity index (χ2v) is 6.00. The molecule has 1 saturated carbocycles. The summed E-state index contributed by atoms with van der Waals surface area (Å²) in [5.74, 6) is 1.63. The van der Waals surface area contributed by atoms with Gasteiger partial charge in [-0.25, -0.2) is 0 Å². The maximum absolute atomic E-state index is 6.17. The molecule has 3 heteroatoms. The fourth-order valence-corrected chi connectivity index (χ4v) is 2.64. The van der Waals surface area contributed by atoms with Gasteiger partial charge in [-0.2, -0.15) is 0 Å². The van der Waals surface area contributed by atoms with Gasteiger partial charge in [0, 0.05) is 45.3 Å². The van der Waals surface area contributed by atoms with Crippen molar-refractivity contribution < 1.29 is 0 Å². The van der Waals surface area contributed by atoms with Gasteiger partial charge in [0.05, 0.1) is 0 Å². The van der Waals surface area contributed by atoms with E-state index in [0.717, 1.165) is 18.4 Å². The van der Waals surface area contributed by atoms with Crippen LogP contribution in [0.4, 0.5) is 0 Å². The molecule has 0 aromatic carbocycles. The minimum Gasteiger partial charge on any atom is -0.326 e. The molecule has 94 valence electrons. The molecule has 1 heterocycles. The smallest absolute Gasteiger partial charge is 0.0196 e. The molecule has 0 spiro atoms. The normalized spacial score (nSPS) is 26.2. The van der Waals surface area contributed by atoms with Crippen LogP contribution in [0.2, 0.25) is 0 Å². The Morgan fingerprint density at radius 1 is 1.00 bits per heavy atom. The van der Waals surface area contributed by atoms with Crippen LogP contribution in [0.3, 0.4) is 0 Å².